The molecule has 1 aliphatic heterocycles. The van der Waals surface area contributed by atoms with Gasteiger partial charge in [-0.3, -0.25) is 4.72 Å². The van der Waals surface area contributed by atoms with Gasteiger partial charge in [-0.2, -0.15) is 0 Å². The Hall–Kier alpha value is -2.99. The van der Waals surface area contributed by atoms with Crippen LogP contribution in [0.4, 0.5) is 5.69 Å². The van der Waals surface area contributed by atoms with Crippen molar-refractivity contribution in [3.8, 4) is 11.5 Å². The lowest BCUT2D eigenvalue weighted by atomic mass is 9.83. The average molecular weight is 410 g/mol. The van der Waals surface area contributed by atoms with Crippen molar-refractivity contribution in [2.24, 2.45) is 0 Å². The van der Waals surface area contributed by atoms with Crippen molar-refractivity contribution in [2.75, 3.05) is 18.1 Å². The van der Waals surface area contributed by atoms with Crippen LogP contribution in [0.25, 0.3) is 0 Å². The first-order valence-electron chi connectivity index (χ1n) is 9.38. The molecule has 4 rings (SSSR count). The second kappa shape index (κ2) is 7.79. The molecule has 0 bridgehead atoms. The summed E-state index contributed by atoms with van der Waals surface area (Å²) in [6.45, 7) is 0.482. The molecule has 5 nitrogen and oxygen atoms in total. The number of hydrogen-bond donors (Lipinski definition) is 1. The SMILES string of the molecule is COc1ccc2c(c1)COc1ccccc1[C@H]2Cc1cccc(NS(C)(=O)=O)c1. The number of methoxy groups -OCH3 is 1. The highest BCUT2D eigenvalue weighted by Gasteiger charge is 2.25. The van der Waals surface area contributed by atoms with Gasteiger partial charge in [0.25, 0.3) is 0 Å². The van der Waals surface area contributed by atoms with Crippen LogP contribution in [-0.2, 0) is 23.1 Å². The Kier molecular flexibility index (Phi) is 5.20. The topological polar surface area (TPSA) is 64.6 Å². The molecule has 0 radical (unpaired) electrons. The highest BCUT2D eigenvalue weighted by atomic mass is 32.2. The van der Waals surface area contributed by atoms with Gasteiger partial charge < -0.3 is 9.47 Å². The fourth-order valence-electron chi connectivity index (χ4n) is 3.83. The van der Waals surface area contributed by atoms with Gasteiger partial charge in [0.2, 0.25) is 10.0 Å². The smallest absolute Gasteiger partial charge is 0.229 e. The van der Waals surface area contributed by atoms with Crippen molar-refractivity contribution in [3.05, 3.63) is 89.0 Å². The summed E-state index contributed by atoms with van der Waals surface area (Å²) in [7, 11) is -1.66. The van der Waals surface area contributed by atoms with Crippen LogP contribution >= 0.6 is 0 Å². The number of para-hydroxylation sites is 1. The highest BCUT2D eigenvalue weighted by molar-refractivity contribution is 7.92. The molecule has 0 spiro atoms. The van der Waals surface area contributed by atoms with Gasteiger partial charge >= 0.3 is 0 Å². The summed E-state index contributed by atoms with van der Waals surface area (Å²) >= 11 is 0. The first-order valence-corrected chi connectivity index (χ1v) is 11.3. The van der Waals surface area contributed by atoms with Crippen molar-refractivity contribution >= 4 is 15.7 Å². The van der Waals surface area contributed by atoms with E-state index >= 15 is 0 Å². The zero-order valence-corrected chi connectivity index (χ0v) is 17.2. The lowest BCUT2D eigenvalue weighted by Crippen LogP contribution is -2.10. The number of benzene rings is 3. The lowest BCUT2D eigenvalue weighted by Gasteiger charge is -2.20. The molecule has 1 aliphatic rings. The van der Waals surface area contributed by atoms with Crippen LogP contribution in [0.15, 0.2) is 66.7 Å². The van der Waals surface area contributed by atoms with Gasteiger partial charge in [0, 0.05) is 17.2 Å². The Balaban J connectivity index is 1.76. The Morgan fingerprint density at radius 1 is 1.03 bits per heavy atom. The fraction of sp³-hybridized carbons (Fsp3) is 0.217. The molecule has 0 unspecified atom stereocenters. The molecule has 3 aromatic rings. The van der Waals surface area contributed by atoms with E-state index in [1.807, 2.05) is 48.5 Å². The van der Waals surface area contributed by atoms with Gasteiger partial charge in [0.15, 0.2) is 0 Å². The molecule has 0 saturated heterocycles. The van der Waals surface area contributed by atoms with Gasteiger partial charge in [-0.1, -0.05) is 36.4 Å². The van der Waals surface area contributed by atoms with E-state index in [4.69, 9.17) is 9.47 Å². The van der Waals surface area contributed by atoms with E-state index in [1.54, 1.807) is 13.2 Å². The number of nitrogens with one attached hydrogen (secondary N) is 1. The quantitative estimate of drug-likeness (QED) is 0.681. The second-order valence-corrected chi connectivity index (χ2v) is 8.97. The third-order valence-electron chi connectivity index (χ3n) is 5.07. The standard InChI is InChI=1S/C23H23NO4S/c1-27-19-10-11-20-17(14-19)15-28-23-9-4-3-8-21(23)22(20)13-16-6-5-7-18(12-16)24-29(2,25)26/h3-12,14,22,24H,13,15H2,1-2H3/t22-/m0/s1. The summed E-state index contributed by atoms with van der Waals surface area (Å²) in [5.41, 5.74) is 5.02. The van der Waals surface area contributed by atoms with Crippen molar-refractivity contribution in [1.82, 2.24) is 0 Å². The van der Waals surface area contributed by atoms with Crippen molar-refractivity contribution in [1.29, 1.82) is 0 Å². The van der Waals surface area contributed by atoms with Gasteiger partial charge in [0.05, 0.1) is 13.4 Å². The minimum absolute atomic E-state index is 0.0862. The molecule has 3 aromatic carbocycles. The molecule has 1 N–H and O–H groups in total. The molecule has 0 aliphatic carbocycles. The van der Waals surface area contributed by atoms with Gasteiger partial charge in [0.1, 0.15) is 18.1 Å². The summed E-state index contributed by atoms with van der Waals surface area (Å²) in [6.07, 6.45) is 1.88. The van der Waals surface area contributed by atoms with E-state index in [2.05, 4.69) is 16.9 Å². The van der Waals surface area contributed by atoms with Crippen molar-refractivity contribution in [2.45, 2.75) is 18.9 Å². The Morgan fingerprint density at radius 2 is 1.86 bits per heavy atom. The number of sulfonamides is 1. The third kappa shape index (κ3) is 4.38. The average Bonchev–Trinajstić information content (AvgIpc) is 2.84. The number of anilines is 1. The summed E-state index contributed by atoms with van der Waals surface area (Å²) in [4.78, 5) is 0. The Labute approximate surface area is 171 Å². The molecular weight excluding hydrogens is 386 g/mol. The zero-order chi connectivity index (χ0) is 20.4. The second-order valence-electron chi connectivity index (χ2n) is 7.22. The van der Waals surface area contributed by atoms with Crippen LogP contribution in [0.2, 0.25) is 0 Å². The van der Waals surface area contributed by atoms with E-state index in [9.17, 15) is 8.42 Å². The van der Waals surface area contributed by atoms with Crippen LogP contribution < -0.4 is 14.2 Å². The first-order chi connectivity index (χ1) is 13.9. The van der Waals surface area contributed by atoms with Crippen LogP contribution in [0.3, 0.4) is 0 Å². The Bertz CT molecular complexity index is 1140. The molecule has 150 valence electrons. The fourth-order valence-corrected chi connectivity index (χ4v) is 4.38. The highest BCUT2D eigenvalue weighted by Crippen LogP contribution is 2.40. The van der Waals surface area contributed by atoms with Crippen LogP contribution in [0.5, 0.6) is 11.5 Å². The zero-order valence-electron chi connectivity index (χ0n) is 16.4. The van der Waals surface area contributed by atoms with E-state index < -0.39 is 10.0 Å². The van der Waals surface area contributed by atoms with E-state index in [1.165, 1.54) is 5.56 Å². The van der Waals surface area contributed by atoms with E-state index in [-0.39, 0.29) is 5.92 Å². The molecule has 29 heavy (non-hydrogen) atoms. The van der Waals surface area contributed by atoms with Gasteiger partial charge in [-0.25, -0.2) is 8.42 Å². The predicted octanol–water partition coefficient (Wildman–Crippen LogP) is 4.33. The molecule has 0 saturated carbocycles. The molecule has 6 heteroatoms. The largest absolute Gasteiger partial charge is 0.497 e. The Morgan fingerprint density at radius 3 is 2.66 bits per heavy atom. The minimum atomic E-state index is -3.32. The third-order valence-corrected chi connectivity index (χ3v) is 5.68. The van der Waals surface area contributed by atoms with Crippen LogP contribution in [0, 0.1) is 0 Å². The summed E-state index contributed by atoms with van der Waals surface area (Å²) in [5.74, 6) is 1.76. The number of ether oxygens (including phenoxy) is 2. The monoisotopic (exact) mass is 409 g/mol. The molecule has 1 atom stereocenters. The first kappa shape index (κ1) is 19.3. The van der Waals surface area contributed by atoms with Gasteiger partial charge in [-0.15, -0.1) is 0 Å². The molecule has 0 aromatic heterocycles. The number of rotatable bonds is 5. The maximum Gasteiger partial charge on any atom is 0.229 e. The molecule has 0 fully saturated rings. The lowest BCUT2D eigenvalue weighted by molar-refractivity contribution is 0.306. The van der Waals surface area contributed by atoms with Crippen LogP contribution in [-0.4, -0.2) is 21.8 Å². The van der Waals surface area contributed by atoms with E-state index in [0.717, 1.165) is 40.9 Å². The van der Waals surface area contributed by atoms with Crippen molar-refractivity contribution < 1.29 is 17.9 Å². The maximum absolute atomic E-state index is 11.6. The van der Waals surface area contributed by atoms with Crippen LogP contribution in [0.1, 0.15) is 28.2 Å². The summed E-state index contributed by atoms with van der Waals surface area (Å²) in [5, 5.41) is 0. The number of hydrogen-bond acceptors (Lipinski definition) is 4. The maximum atomic E-state index is 11.6. The summed E-state index contributed by atoms with van der Waals surface area (Å²) < 4.78 is 37.2. The molecule has 1 heterocycles. The summed E-state index contributed by atoms with van der Waals surface area (Å²) in [6, 6.07) is 21.7. The molecule has 0 amide bonds. The van der Waals surface area contributed by atoms with E-state index in [0.29, 0.717) is 12.3 Å². The minimum Gasteiger partial charge on any atom is -0.497 e. The normalized spacial score (nSPS) is 15.4. The van der Waals surface area contributed by atoms with Crippen molar-refractivity contribution in [3.63, 3.8) is 0 Å². The number of fused-ring (bicyclic) bond motifs is 2. The molecular formula is C23H23NO4S. The van der Waals surface area contributed by atoms with Gasteiger partial charge in [-0.05, 0) is 53.4 Å². The predicted molar refractivity (Wildman–Crippen MR) is 114 cm³/mol.